The lowest BCUT2D eigenvalue weighted by atomic mass is 9.97. The second kappa shape index (κ2) is 5.94. The molecule has 2 N–H and O–H groups in total. The number of alkyl halides is 3. The highest BCUT2D eigenvalue weighted by Crippen LogP contribution is 2.34. The summed E-state index contributed by atoms with van der Waals surface area (Å²) >= 11 is 0. The van der Waals surface area contributed by atoms with Crippen LogP contribution in [0.15, 0.2) is 29.2 Å². The predicted octanol–water partition coefficient (Wildman–Crippen LogP) is 1.98. The van der Waals surface area contributed by atoms with Gasteiger partial charge in [0.15, 0.2) is 0 Å². The van der Waals surface area contributed by atoms with Crippen LogP contribution in [0.3, 0.4) is 0 Å². The maximum absolute atomic E-state index is 12.9. The summed E-state index contributed by atoms with van der Waals surface area (Å²) in [6.07, 6.45) is -4.15. The smallest absolute Gasteiger partial charge is 0.316 e. The van der Waals surface area contributed by atoms with Gasteiger partial charge in [0.05, 0.1) is 10.5 Å². The zero-order valence-corrected chi connectivity index (χ0v) is 12.3. The molecule has 1 saturated heterocycles. The standard InChI is InChI=1S/C13H17F3N2O2S/c1-9-8-17-7-6-11(9)18-21(19,20)12-5-3-2-4-10(12)13(14,15)16/h2-5,9,11,17-18H,6-8H2,1H3/t9-,11+/m1/s1. The van der Waals surface area contributed by atoms with Crippen LogP contribution in [0.1, 0.15) is 18.9 Å². The van der Waals surface area contributed by atoms with Gasteiger partial charge in [-0.3, -0.25) is 0 Å². The summed E-state index contributed by atoms with van der Waals surface area (Å²) in [4.78, 5) is -0.719. The average molecular weight is 322 g/mol. The Kier molecular flexibility index (Phi) is 4.60. The summed E-state index contributed by atoms with van der Waals surface area (Å²) in [6.45, 7) is 3.13. The molecule has 8 heteroatoms. The molecule has 0 aromatic heterocycles. The summed E-state index contributed by atoms with van der Waals surface area (Å²) in [5.74, 6) is 0.0200. The van der Waals surface area contributed by atoms with Crippen LogP contribution in [0.25, 0.3) is 0 Å². The molecule has 0 saturated carbocycles. The van der Waals surface area contributed by atoms with Crippen LogP contribution in [-0.4, -0.2) is 27.5 Å². The molecule has 1 aliphatic heterocycles. The van der Waals surface area contributed by atoms with Gasteiger partial charge >= 0.3 is 6.18 Å². The fourth-order valence-electron chi connectivity index (χ4n) is 2.39. The lowest BCUT2D eigenvalue weighted by Crippen LogP contribution is -2.48. The Hall–Kier alpha value is -1.12. The van der Waals surface area contributed by atoms with E-state index in [-0.39, 0.29) is 12.0 Å². The summed E-state index contributed by atoms with van der Waals surface area (Å²) in [5.41, 5.74) is -1.14. The number of sulfonamides is 1. The van der Waals surface area contributed by atoms with Crippen LogP contribution in [0.2, 0.25) is 0 Å². The molecule has 2 atom stereocenters. The van der Waals surface area contributed by atoms with E-state index in [1.807, 2.05) is 6.92 Å². The van der Waals surface area contributed by atoms with Gasteiger partial charge < -0.3 is 5.32 Å². The number of hydrogen-bond donors (Lipinski definition) is 2. The molecule has 0 unspecified atom stereocenters. The first kappa shape index (κ1) is 16.3. The summed E-state index contributed by atoms with van der Waals surface area (Å²) in [6, 6.07) is 3.86. The maximum atomic E-state index is 12.9. The van der Waals surface area contributed by atoms with Crippen molar-refractivity contribution in [2.75, 3.05) is 13.1 Å². The Morgan fingerprint density at radius 3 is 2.57 bits per heavy atom. The van der Waals surface area contributed by atoms with Gasteiger partial charge in [0, 0.05) is 6.04 Å². The van der Waals surface area contributed by atoms with Gasteiger partial charge in [0.2, 0.25) is 10.0 Å². The molecule has 1 aliphatic rings. The van der Waals surface area contributed by atoms with Gasteiger partial charge in [-0.1, -0.05) is 19.1 Å². The number of benzene rings is 1. The van der Waals surface area contributed by atoms with Gasteiger partial charge in [-0.2, -0.15) is 13.2 Å². The molecular formula is C13H17F3N2O2S. The molecule has 0 aliphatic carbocycles. The molecule has 0 bridgehead atoms. The molecular weight excluding hydrogens is 305 g/mol. The van der Waals surface area contributed by atoms with Crippen molar-refractivity contribution in [3.8, 4) is 0 Å². The van der Waals surface area contributed by atoms with Crippen molar-refractivity contribution < 1.29 is 21.6 Å². The third kappa shape index (κ3) is 3.75. The van der Waals surface area contributed by atoms with Crippen molar-refractivity contribution >= 4 is 10.0 Å². The molecule has 2 rings (SSSR count). The molecule has 1 heterocycles. The van der Waals surface area contributed by atoms with Crippen LogP contribution in [0, 0.1) is 5.92 Å². The predicted molar refractivity (Wildman–Crippen MR) is 72.2 cm³/mol. The first-order valence-electron chi connectivity index (χ1n) is 6.61. The van der Waals surface area contributed by atoms with Crippen LogP contribution < -0.4 is 10.0 Å². The minimum atomic E-state index is -4.70. The highest BCUT2D eigenvalue weighted by atomic mass is 32.2. The summed E-state index contributed by atoms with van der Waals surface area (Å²) in [7, 11) is -4.20. The molecule has 118 valence electrons. The highest BCUT2D eigenvalue weighted by molar-refractivity contribution is 7.89. The Bertz CT molecular complexity index is 602. The highest BCUT2D eigenvalue weighted by Gasteiger charge is 2.38. The third-order valence-electron chi connectivity index (χ3n) is 3.57. The Labute approximate surface area is 121 Å². The van der Waals surface area contributed by atoms with Crippen molar-refractivity contribution in [1.29, 1.82) is 0 Å². The van der Waals surface area contributed by atoms with Gasteiger partial charge in [-0.25, -0.2) is 13.1 Å². The van der Waals surface area contributed by atoms with Gasteiger partial charge in [-0.15, -0.1) is 0 Å². The van der Waals surface area contributed by atoms with E-state index < -0.39 is 26.7 Å². The largest absolute Gasteiger partial charge is 0.417 e. The monoisotopic (exact) mass is 322 g/mol. The SMILES string of the molecule is C[C@@H]1CNCC[C@@H]1NS(=O)(=O)c1ccccc1C(F)(F)F. The van der Waals surface area contributed by atoms with Crippen LogP contribution in [0.5, 0.6) is 0 Å². The van der Waals surface area contributed by atoms with E-state index in [1.54, 1.807) is 0 Å². The molecule has 1 fully saturated rings. The Balaban J connectivity index is 2.32. The second-order valence-corrected chi connectivity index (χ2v) is 6.87. The van der Waals surface area contributed by atoms with E-state index in [4.69, 9.17) is 0 Å². The van der Waals surface area contributed by atoms with E-state index in [0.29, 0.717) is 19.5 Å². The van der Waals surface area contributed by atoms with E-state index >= 15 is 0 Å². The molecule has 0 spiro atoms. The Morgan fingerprint density at radius 2 is 1.95 bits per heavy atom. The minimum Gasteiger partial charge on any atom is -0.316 e. The molecule has 21 heavy (non-hydrogen) atoms. The van der Waals surface area contributed by atoms with Crippen LogP contribution in [-0.2, 0) is 16.2 Å². The normalized spacial score (nSPS) is 24.0. The average Bonchev–Trinajstić information content (AvgIpc) is 2.40. The van der Waals surface area contributed by atoms with Crippen molar-refractivity contribution in [3.63, 3.8) is 0 Å². The maximum Gasteiger partial charge on any atom is 0.417 e. The molecule has 0 radical (unpaired) electrons. The lowest BCUT2D eigenvalue weighted by Gasteiger charge is -2.30. The molecule has 0 amide bonds. The fourth-order valence-corrected chi connectivity index (χ4v) is 3.99. The summed E-state index contributed by atoms with van der Waals surface area (Å²) < 4.78 is 65.8. The van der Waals surface area contributed by atoms with Gasteiger partial charge in [0.25, 0.3) is 0 Å². The summed E-state index contributed by atoms with van der Waals surface area (Å²) in [5, 5.41) is 3.11. The fraction of sp³-hybridized carbons (Fsp3) is 0.538. The quantitative estimate of drug-likeness (QED) is 0.895. The molecule has 1 aromatic carbocycles. The lowest BCUT2D eigenvalue weighted by molar-refractivity contribution is -0.139. The van der Waals surface area contributed by atoms with Gasteiger partial charge in [0.1, 0.15) is 0 Å². The number of halogens is 3. The number of hydrogen-bond acceptors (Lipinski definition) is 3. The Morgan fingerprint density at radius 1 is 1.29 bits per heavy atom. The second-order valence-electron chi connectivity index (χ2n) is 5.19. The van der Waals surface area contributed by atoms with E-state index in [9.17, 15) is 21.6 Å². The topological polar surface area (TPSA) is 58.2 Å². The van der Waals surface area contributed by atoms with Crippen LogP contribution >= 0.6 is 0 Å². The third-order valence-corrected chi connectivity index (χ3v) is 5.12. The minimum absolute atomic E-state index is 0.0200. The van der Waals surface area contributed by atoms with Crippen molar-refractivity contribution in [1.82, 2.24) is 10.0 Å². The van der Waals surface area contributed by atoms with E-state index in [0.717, 1.165) is 12.1 Å². The van der Waals surface area contributed by atoms with Gasteiger partial charge in [-0.05, 0) is 37.6 Å². The number of rotatable bonds is 3. The van der Waals surface area contributed by atoms with E-state index in [2.05, 4.69) is 10.0 Å². The first-order chi connectivity index (χ1) is 9.72. The molecule has 1 aromatic rings. The zero-order chi connectivity index (χ0) is 15.7. The first-order valence-corrected chi connectivity index (χ1v) is 8.09. The number of piperidine rings is 1. The zero-order valence-electron chi connectivity index (χ0n) is 11.4. The van der Waals surface area contributed by atoms with Crippen molar-refractivity contribution in [3.05, 3.63) is 29.8 Å². The number of nitrogens with one attached hydrogen (secondary N) is 2. The van der Waals surface area contributed by atoms with Crippen LogP contribution in [0.4, 0.5) is 13.2 Å². The van der Waals surface area contributed by atoms with Crippen molar-refractivity contribution in [2.45, 2.75) is 30.5 Å². The molecule has 4 nitrogen and oxygen atoms in total. The van der Waals surface area contributed by atoms with E-state index in [1.165, 1.54) is 12.1 Å². The van der Waals surface area contributed by atoms with Crippen molar-refractivity contribution in [2.24, 2.45) is 5.92 Å².